The molecule has 0 radical (unpaired) electrons. The molecule has 1 heterocycles. The second-order valence-electron chi connectivity index (χ2n) is 6.55. The van der Waals surface area contributed by atoms with E-state index in [2.05, 4.69) is 14.5 Å². The van der Waals surface area contributed by atoms with Gasteiger partial charge in [0, 0.05) is 11.6 Å². The lowest BCUT2D eigenvalue weighted by atomic mass is 9.96. The molecule has 0 fully saturated rings. The summed E-state index contributed by atoms with van der Waals surface area (Å²) in [7, 11) is 1.16. The average molecular weight is 409 g/mol. The van der Waals surface area contributed by atoms with Gasteiger partial charge in [0.05, 0.1) is 7.11 Å². The Labute approximate surface area is 170 Å². The van der Waals surface area contributed by atoms with Crippen molar-refractivity contribution in [2.24, 2.45) is 0 Å². The van der Waals surface area contributed by atoms with Gasteiger partial charge in [-0.2, -0.15) is 8.78 Å². The Bertz CT molecular complexity index is 1220. The first-order valence-electron chi connectivity index (χ1n) is 9.11. The maximum Gasteiger partial charge on any atom is 0.387 e. The van der Waals surface area contributed by atoms with Crippen LogP contribution in [0, 0.1) is 6.92 Å². The van der Waals surface area contributed by atoms with Crippen molar-refractivity contribution in [3.05, 3.63) is 71.8 Å². The number of hydrogen-bond acceptors (Lipinski definition) is 5. The zero-order valence-electron chi connectivity index (χ0n) is 16.2. The Morgan fingerprint density at radius 3 is 2.47 bits per heavy atom. The molecule has 4 aromatic rings. The van der Waals surface area contributed by atoms with Crippen LogP contribution in [-0.2, 0) is 4.74 Å². The van der Waals surface area contributed by atoms with Gasteiger partial charge in [0.2, 0.25) is 5.89 Å². The normalized spacial score (nSPS) is 11.1. The summed E-state index contributed by atoms with van der Waals surface area (Å²) in [5, 5.41) is 0. The topological polar surface area (TPSA) is 61.6 Å². The van der Waals surface area contributed by atoms with Crippen molar-refractivity contribution in [1.29, 1.82) is 0 Å². The summed E-state index contributed by atoms with van der Waals surface area (Å²) in [5.41, 5.74) is 4.17. The Morgan fingerprint density at radius 2 is 1.77 bits per heavy atom. The molecule has 0 atom stereocenters. The number of fused-ring (bicyclic) bond motifs is 1. The molecule has 0 N–H and O–H groups in total. The number of carbonyl (C=O) groups excluding carboxylic acids is 1. The number of esters is 1. The third kappa shape index (κ3) is 3.61. The van der Waals surface area contributed by atoms with E-state index in [4.69, 9.17) is 4.42 Å². The zero-order chi connectivity index (χ0) is 21.3. The number of oxazole rings is 1. The second-order valence-corrected chi connectivity index (χ2v) is 6.55. The minimum absolute atomic E-state index is 0.153. The molecule has 152 valence electrons. The SMILES string of the molecule is COC(=O)c1cc2nc(-c3cccc(-c4ccccc4)c3C)oc2cc1OC(F)F. The van der Waals surface area contributed by atoms with Crippen LogP contribution < -0.4 is 4.74 Å². The molecule has 4 rings (SSSR count). The van der Waals surface area contributed by atoms with Crippen LogP contribution in [0.15, 0.2) is 65.1 Å². The summed E-state index contributed by atoms with van der Waals surface area (Å²) in [5.74, 6) is -0.827. The zero-order valence-corrected chi connectivity index (χ0v) is 16.2. The minimum atomic E-state index is -3.10. The lowest BCUT2D eigenvalue weighted by Crippen LogP contribution is -2.09. The van der Waals surface area contributed by atoms with Crippen molar-refractivity contribution in [3.8, 4) is 28.3 Å². The molecule has 0 aliphatic rings. The first-order valence-corrected chi connectivity index (χ1v) is 9.11. The Hall–Kier alpha value is -3.74. The fourth-order valence-electron chi connectivity index (χ4n) is 3.33. The highest BCUT2D eigenvalue weighted by Gasteiger charge is 2.21. The number of carbonyl (C=O) groups is 1. The standard InChI is InChI=1S/C23H17F2NO4/c1-13-15(14-7-4-3-5-8-14)9-6-10-16(13)21-26-18-11-17(22(27)28-2)19(30-23(24)25)12-20(18)29-21/h3-12,23H,1-2H3. The van der Waals surface area contributed by atoms with Crippen LogP contribution in [0.3, 0.4) is 0 Å². The molecule has 0 saturated carbocycles. The van der Waals surface area contributed by atoms with Gasteiger partial charge in [-0.1, -0.05) is 42.5 Å². The molecule has 30 heavy (non-hydrogen) atoms. The van der Waals surface area contributed by atoms with Gasteiger partial charge in [0.15, 0.2) is 5.58 Å². The molecule has 0 amide bonds. The second kappa shape index (κ2) is 7.94. The number of rotatable bonds is 5. The molecule has 0 unspecified atom stereocenters. The molecule has 5 nitrogen and oxygen atoms in total. The monoisotopic (exact) mass is 409 g/mol. The fourth-order valence-corrected chi connectivity index (χ4v) is 3.33. The van der Waals surface area contributed by atoms with Gasteiger partial charge >= 0.3 is 12.6 Å². The van der Waals surface area contributed by atoms with E-state index < -0.39 is 12.6 Å². The van der Waals surface area contributed by atoms with Gasteiger partial charge in [0.25, 0.3) is 0 Å². The maximum atomic E-state index is 12.8. The summed E-state index contributed by atoms with van der Waals surface area (Å²) in [6.07, 6.45) is 0. The smallest absolute Gasteiger partial charge is 0.387 e. The first-order chi connectivity index (χ1) is 14.5. The molecule has 7 heteroatoms. The summed E-state index contributed by atoms with van der Waals surface area (Å²) in [6, 6.07) is 18.2. The molecular weight excluding hydrogens is 392 g/mol. The summed E-state index contributed by atoms with van der Waals surface area (Å²) >= 11 is 0. The molecule has 0 aliphatic heterocycles. The number of aromatic nitrogens is 1. The number of ether oxygens (including phenoxy) is 2. The highest BCUT2D eigenvalue weighted by molar-refractivity contribution is 5.97. The number of hydrogen-bond donors (Lipinski definition) is 0. The van der Waals surface area contributed by atoms with Crippen LogP contribution in [0.1, 0.15) is 15.9 Å². The number of alkyl halides is 2. The fraction of sp³-hybridized carbons (Fsp3) is 0.130. The van der Waals surface area contributed by atoms with Crippen LogP contribution in [0.25, 0.3) is 33.7 Å². The average Bonchev–Trinajstić information content (AvgIpc) is 3.15. The van der Waals surface area contributed by atoms with E-state index in [1.54, 1.807) is 0 Å². The van der Waals surface area contributed by atoms with Gasteiger partial charge in [-0.25, -0.2) is 9.78 Å². The molecule has 3 aromatic carbocycles. The summed E-state index contributed by atoms with van der Waals surface area (Å²) in [6.45, 7) is -1.14. The minimum Gasteiger partial charge on any atom is -0.465 e. The predicted octanol–water partition coefficient (Wildman–Crippen LogP) is 5.86. The summed E-state index contributed by atoms with van der Waals surface area (Å²) < 4.78 is 40.5. The Morgan fingerprint density at radius 1 is 1.03 bits per heavy atom. The number of methoxy groups -OCH3 is 1. The molecule has 0 bridgehead atoms. The van der Waals surface area contributed by atoms with E-state index in [9.17, 15) is 13.6 Å². The summed E-state index contributed by atoms with van der Waals surface area (Å²) in [4.78, 5) is 16.4. The molecule has 1 aromatic heterocycles. The van der Waals surface area contributed by atoms with E-state index in [0.29, 0.717) is 11.4 Å². The van der Waals surface area contributed by atoms with E-state index in [-0.39, 0.29) is 16.9 Å². The van der Waals surface area contributed by atoms with Gasteiger partial charge in [-0.15, -0.1) is 0 Å². The van der Waals surface area contributed by atoms with E-state index in [1.807, 2.05) is 55.5 Å². The van der Waals surface area contributed by atoms with E-state index in [0.717, 1.165) is 29.4 Å². The molecule has 0 aliphatic carbocycles. The highest BCUT2D eigenvalue weighted by atomic mass is 19.3. The number of halogens is 2. The first kappa shape index (κ1) is 19.6. The van der Waals surface area contributed by atoms with Crippen molar-refractivity contribution in [3.63, 3.8) is 0 Å². The highest BCUT2D eigenvalue weighted by Crippen LogP contribution is 2.35. The van der Waals surface area contributed by atoms with Crippen molar-refractivity contribution in [1.82, 2.24) is 4.98 Å². The van der Waals surface area contributed by atoms with Crippen LogP contribution >= 0.6 is 0 Å². The van der Waals surface area contributed by atoms with Crippen LogP contribution in [0.4, 0.5) is 8.78 Å². The van der Waals surface area contributed by atoms with Crippen molar-refractivity contribution < 1.29 is 27.5 Å². The van der Waals surface area contributed by atoms with E-state index in [1.165, 1.54) is 12.1 Å². The third-order valence-corrected chi connectivity index (χ3v) is 4.76. The van der Waals surface area contributed by atoms with Gasteiger partial charge in [0.1, 0.15) is 16.8 Å². The maximum absolute atomic E-state index is 12.8. The lowest BCUT2D eigenvalue weighted by Gasteiger charge is -2.09. The predicted molar refractivity (Wildman–Crippen MR) is 108 cm³/mol. The van der Waals surface area contributed by atoms with Gasteiger partial charge in [-0.3, -0.25) is 0 Å². The molecular formula is C23H17F2NO4. The van der Waals surface area contributed by atoms with Gasteiger partial charge < -0.3 is 13.9 Å². The Balaban J connectivity index is 1.84. The van der Waals surface area contributed by atoms with Crippen LogP contribution in [0.2, 0.25) is 0 Å². The number of nitrogens with zero attached hydrogens (tertiary/aromatic N) is 1. The van der Waals surface area contributed by atoms with Crippen LogP contribution in [-0.4, -0.2) is 24.7 Å². The van der Waals surface area contributed by atoms with Crippen molar-refractivity contribution in [2.75, 3.05) is 7.11 Å². The van der Waals surface area contributed by atoms with Crippen molar-refractivity contribution in [2.45, 2.75) is 13.5 Å². The molecule has 0 saturated heterocycles. The quantitative estimate of drug-likeness (QED) is 0.387. The van der Waals surface area contributed by atoms with Crippen molar-refractivity contribution >= 4 is 17.1 Å². The largest absolute Gasteiger partial charge is 0.465 e. The Kier molecular flexibility index (Phi) is 5.18. The number of benzene rings is 3. The van der Waals surface area contributed by atoms with E-state index >= 15 is 0 Å². The van der Waals surface area contributed by atoms with Crippen LogP contribution in [0.5, 0.6) is 5.75 Å². The van der Waals surface area contributed by atoms with Gasteiger partial charge in [-0.05, 0) is 35.7 Å². The third-order valence-electron chi connectivity index (χ3n) is 4.76. The lowest BCUT2D eigenvalue weighted by molar-refractivity contribution is -0.0503. The molecule has 0 spiro atoms.